The van der Waals surface area contributed by atoms with Gasteiger partial charge in [-0.2, -0.15) is 0 Å². The molecular formula is C29H30F2N6O2. The number of benzene rings is 3. The lowest BCUT2D eigenvalue weighted by molar-refractivity contribution is 0.115. The number of likely N-dealkylation sites (tertiary alicyclic amines) is 1. The van der Waals surface area contributed by atoms with Gasteiger partial charge in [-0.05, 0) is 61.0 Å². The number of hydrogen-bond donors (Lipinski definition) is 2. The molecule has 202 valence electrons. The second kappa shape index (κ2) is 11.1. The van der Waals surface area contributed by atoms with E-state index in [-0.39, 0.29) is 6.10 Å². The van der Waals surface area contributed by atoms with Gasteiger partial charge in [0.15, 0.2) is 0 Å². The maximum Gasteiger partial charge on any atom is 0.322 e. The first kappa shape index (κ1) is 26.1. The Balaban J connectivity index is 1.20. The van der Waals surface area contributed by atoms with Crippen LogP contribution >= 0.6 is 0 Å². The van der Waals surface area contributed by atoms with Crippen molar-refractivity contribution in [1.29, 1.82) is 0 Å². The van der Waals surface area contributed by atoms with Crippen molar-refractivity contribution in [2.75, 3.05) is 42.7 Å². The first-order chi connectivity index (χ1) is 18.8. The second-order valence-electron chi connectivity index (χ2n) is 9.75. The Morgan fingerprint density at radius 3 is 2.46 bits per heavy atom. The molecule has 1 aliphatic rings. The lowest BCUT2D eigenvalue weighted by atomic mass is 10.1. The van der Waals surface area contributed by atoms with Crippen LogP contribution in [0.2, 0.25) is 0 Å². The molecule has 1 aromatic heterocycles. The Morgan fingerprint density at radius 2 is 1.77 bits per heavy atom. The van der Waals surface area contributed by atoms with Crippen LogP contribution in [0.5, 0.6) is 5.75 Å². The van der Waals surface area contributed by atoms with Gasteiger partial charge in [-0.1, -0.05) is 6.07 Å². The van der Waals surface area contributed by atoms with Gasteiger partial charge in [-0.25, -0.2) is 23.5 Å². The standard InChI is InChI=1S/C29H30F2N6O2/c1-18-15-19(34-28-22-16-20(36(2)3)8-9-25(22)32-17-33-28)7-10-26(18)39-21-11-13-37(14-12-21)29(38)35-27-23(30)5-4-6-24(27)31/h4-10,15-17,21H,11-14H2,1-3H3,(H,35,38)(H,32,33,34). The van der Waals surface area contributed by atoms with Crippen LogP contribution in [-0.2, 0) is 0 Å². The molecule has 0 radical (unpaired) electrons. The molecule has 0 unspecified atom stereocenters. The predicted octanol–water partition coefficient (Wildman–Crippen LogP) is 6.10. The van der Waals surface area contributed by atoms with Crippen molar-refractivity contribution in [1.82, 2.24) is 14.9 Å². The van der Waals surface area contributed by atoms with E-state index in [0.29, 0.717) is 25.9 Å². The molecule has 2 amide bonds. The summed E-state index contributed by atoms with van der Waals surface area (Å²) in [5.41, 5.74) is 3.32. The molecular weight excluding hydrogens is 502 g/mol. The number of hydrogen-bond acceptors (Lipinski definition) is 6. The normalized spacial score (nSPS) is 13.8. The number of carbonyl (C=O) groups is 1. The van der Waals surface area contributed by atoms with Crippen molar-refractivity contribution in [2.24, 2.45) is 0 Å². The number of nitrogens with zero attached hydrogens (tertiary/aromatic N) is 4. The van der Waals surface area contributed by atoms with Crippen LogP contribution in [0.4, 0.5) is 36.5 Å². The highest BCUT2D eigenvalue weighted by Crippen LogP contribution is 2.30. The van der Waals surface area contributed by atoms with E-state index in [1.165, 1.54) is 6.07 Å². The Bertz CT molecular complexity index is 1480. The molecule has 1 aliphatic heterocycles. The number of nitrogens with one attached hydrogen (secondary N) is 2. The summed E-state index contributed by atoms with van der Waals surface area (Å²) in [7, 11) is 3.98. The third-order valence-corrected chi connectivity index (χ3v) is 6.79. The fraction of sp³-hybridized carbons (Fsp3) is 0.276. The summed E-state index contributed by atoms with van der Waals surface area (Å²) in [5, 5.41) is 6.67. The highest BCUT2D eigenvalue weighted by molar-refractivity contribution is 5.93. The Labute approximate surface area is 225 Å². The van der Waals surface area contributed by atoms with Crippen LogP contribution in [0.25, 0.3) is 10.9 Å². The minimum atomic E-state index is -0.804. The van der Waals surface area contributed by atoms with Gasteiger partial charge in [0.1, 0.15) is 41.3 Å². The highest BCUT2D eigenvalue weighted by atomic mass is 19.1. The van der Waals surface area contributed by atoms with Crippen LogP contribution in [0.1, 0.15) is 18.4 Å². The largest absolute Gasteiger partial charge is 0.490 e. The molecule has 8 nitrogen and oxygen atoms in total. The van der Waals surface area contributed by atoms with Crippen LogP contribution < -0.4 is 20.3 Å². The molecule has 4 aromatic rings. The predicted molar refractivity (Wildman–Crippen MR) is 149 cm³/mol. The monoisotopic (exact) mass is 532 g/mol. The van der Waals surface area contributed by atoms with Gasteiger partial charge in [0, 0.05) is 56.8 Å². The molecule has 3 aromatic carbocycles. The first-order valence-corrected chi connectivity index (χ1v) is 12.7. The molecule has 5 rings (SSSR count). The fourth-order valence-corrected chi connectivity index (χ4v) is 4.58. The summed E-state index contributed by atoms with van der Waals surface area (Å²) in [6.45, 7) is 2.82. The van der Waals surface area contributed by atoms with Crippen molar-refractivity contribution in [3.8, 4) is 5.75 Å². The van der Waals surface area contributed by atoms with Crippen molar-refractivity contribution in [2.45, 2.75) is 25.9 Å². The number of fused-ring (bicyclic) bond motifs is 1. The molecule has 0 spiro atoms. The third-order valence-electron chi connectivity index (χ3n) is 6.79. The number of aryl methyl sites for hydroxylation is 1. The second-order valence-corrected chi connectivity index (χ2v) is 9.75. The van der Waals surface area contributed by atoms with Gasteiger partial charge < -0.3 is 25.2 Å². The summed E-state index contributed by atoms with van der Waals surface area (Å²) in [6.07, 6.45) is 2.68. The van der Waals surface area contributed by atoms with Crippen molar-refractivity contribution < 1.29 is 18.3 Å². The van der Waals surface area contributed by atoms with E-state index in [1.54, 1.807) is 11.2 Å². The topological polar surface area (TPSA) is 82.6 Å². The quantitative estimate of drug-likeness (QED) is 0.312. The third kappa shape index (κ3) is 5.84. The summed E-state index contributed by atoms with van der Waals surface area (Å²) in [5.74, 6) is -0.126. The average molecular weight is 533 g/mol. The zero-order valence-electron chi connectivity index (χ0n) is 22.0. The van der Waals surface area contributed by atoms with Gasteiger partial charge in [-0.3, -0.25) is 0 Å². The average Bonchev–Trinajstić information content (AvgIpc) is 2.92. The minimum Gasteiger partial charge on any atom is -0.490 e. The van der Waals surface area contributed by atoms with Crippen molar-refractivity contribution in [3.05, 3.63) is 78.1 Å². The van der Waals surface area contributed by atoms with Gasteiger partial charge in [0.05, 0.1) is 5.52 Å². The first-order valence-electron chi connectivity index (χ1n) is 12.7. The van der Waals surface area contributed by atoms with E-state index in [0.717, 1.165) is 51.5 Å². The molecule has 1 saturated heterocycles. The van der Waals surface area contributed by atoms with E-state index in [9.17, 15) is 13.6 Å². The Kier molecular flexibility index (Phi) is 7.44. The Hall–Kier alpha value is -4.47. The molecule has 0 saturated carbocycles. The van der Waals surface area contributed by atoms with Gasteiger partial charge in [-0.15, -0.1) is 0 Å². The van der Waals surface area contributed by atoms with E-state index >= 15 is 0 Å². The molecule has 0 atom stereocenters. The smallest absolute Gasteiger partial charge is 0.322 e. The number of carbonyl (C=O) groups excluding carboxylic acids is 1. The molecule has 1 fully saturated rings. The lowest BCUT2D eigenvalue weighted by Gasteiger charge is -2.32. The number of halogens is 2. The van der Waals surface area contributed by atoms with E-state index < -0.39 is 23.4 Å². The molecule has 0 bridgehead atoms. The minimum absolute atomic E-state index is 0.0768. The molecule has 2 N–H and O–H groups in total. The van der Waals surface area contributed by atoms with E-state index in [4.69, 9.17) is 4.74 Å². The SMILES string of the molecule is Cc1cc(Nc2ncnc3ccc(N(C)C)cc23)ccc1OC1CCN(C(=O)Nc2c(F)cccc2F)CC1. The van der Waals surface area contributed by atoms with Crippen molar-refractivity contribution in [3.63, 3.8) is 0 Å². The van der Waals surface area contributed by atoms with Crippen LogP contribution in [0.3, 0.4) is 0 Å². The number of urea groups is 1. The number of ether oxygens (including phenoxy) is 1. The molecule has 10 heteroatoms. The van der Waals surface area contributed by atoms with Crippen molar-refractivity contribution >= 4 is 39.8 Å². The maximum atomic E-state index is 13.9. The number of amides is 2. The van der Waals surface area contributed by atoms with Gasteiger partial charge >= 0.3 is 6.03 Å². The van der Waals surface area contributed by atoms with Crippen LogP contribution in [0.15, 0.2) is 60.9 Å². The van der Waals surface area contributed by atoms with Crippen LogP contribution in [-0.4, -0.2) is 54.2 Å². The molecule has 2 heterocycles. The number of para-hydroxylation sites is 1. The van der Waals surface area contributed by atoms with Gasteiger partial charge in [0.2, 0.25) is 0 Å². The number of piperidine rings is 1. The van der Waals surface area contributed by atoms with Crippen LogP contribution in [0, 0.1) is 18.6 Å². The van der Waals surface area contributed by atoms with Gasteiger partial charge in [0.25, 0.3) is 0 Å². The lowest BCUT2D eigenvalue weighted by Crippen LogP contribution is -2.44. The fourth-order valence-electron chi connectivity index (χ4n) is 4.58. The number of aromatic nitrogens is 2. The van der Waals surface area contributed by atoms with E-state index in [1.807, 2.05) is 56.3 Å². The Morgan fingerprint density at radius 1 is 1.03 bits per heavy atom. The summed E-state index contributed by atoms with van der Waals surface area (Å²) < 4.78 is 34.0. The molecule has 39 heavy (non-hydrogen) atoms. The zero-order valence-corrected chi connectivity index (χ0v) is 22.0. The highest BCUT2D eigenvalue weighted by Gasteiger charge is 2.25. The zero-order chi connectivity index (χ0) is 27.5. The number of anilines is 4. The maximum absolute atomic E-state index is 13.9. The summed E-state index contributed by atoms with van der Waals surface area (Å²) in [4.78, 5) is 24.9. The molecule has 0 aliphatic carbocycles. The summed E-state index contributed by atoms with van der Waals surface area (Å²) in [6, 6.07) is 14.9. The van der Waals surface area contributed by atoms with E-state index in [2.05, 4.69) is 26.7 Å². The number of rotatable bonds is 6. The summed E-state index contributed by atoms with van der Waals surface area (Å²) >= 11 is 0.